The lowest BCUT2D eigenvalue weighted by Crippen LogP contribution is -2.44. The molecule has 2 heterocycles. The molecule has 1 fully saturated rings. The number of carbonyl (C=O) groups is 2. The Morgan fingerprint density at radius 2 is 1.97 bits per heavy atom. The van der Waals surface area contributed by atoms with Gasteiger partial charge in [0.05, 0.1) is 11.0 Å². The van der Waals surface area contributed by atoms with Crippen molar-refractivity contribution in [2.24, 2.45) is 5.41 Å². The fourth-order valence-electron chi connectivity index (χ4n) is 4.27. The summed E-state index contributed by atoms with van der Waals surface area (Å²) >= 11 is 5.97. The van der Waals surface area contributed by atoms with Crippen molar-refractivity contribution in [2.45, 2.75) is 59.2 Å². The Balaban J connectivity index is 1.61. The molecular weight excluding hydrogens is 478 g/mol. The van der Waals surface area contributed by atoms with Gasteiger partial charge in [-0.3, -0.25) is 10.1 Å². The standard InChI is InChI=1S/C27H34ClN5O3/c1-17(27(2,3)4)32(5)26(35)36-21-12-13-23-22(15-21)30-25(33(23)16-20-7-6-14-29-20)31-24(34)18-8-10-19(28)11-9-18/h8-13,15,17,20,29H,6-7,14,16H2,1-5H3,(H,30,31,34)/t17-,20?/m0/s1. The molecule has 8 nitrogen and oxygen atoms in total. The van der Waals surface area contributed by atoms with E-state index in [1.54, 1.807) is 48.3 Å². The summed E-state index contributed by atoms with van der Waals surface area (Å²) in [4.78, 5) is 32.0. The van der Waals surface area contributed by atoms with E-state index in [4.69, 9.17) is 21.3 Å². The highest BCUT2D eigenvalue weighted by atomic mass is 35.5. The van der Waals surface area contributed by atoms with Crippen molar-refractivity contribution in [2.75, 3.05) is 18.9 Å². The molecule has 2 N–H and O–H groups in total. The summed E-state index contributed by atoms with van der Waals surface area (Å²) in [5.41, 5.74) is 1.90. The second-order valence-corrected chi connectivity index (χ2v) is 10.9. The minimum absolute atomic E-state index is 0.0125. The van der Waals surface area contributed by atoms with Gasteiger partial charge in [-0.25, -0.2) is 9.78 Å². The molecule has 0 aliphatic carbocycles. The van der Waals surface area contributed by atoms with Gasteiger partial charge in [0.15, 0.2) is 0 Å². The first-order chi connectivity index (χ1) is 17.0. The van der Waals surface area contributed by atoms with Gasteiger partial charge in [-0.15, -0.1) is 0 Å². The van der Waals surface area contributed by atoms with Crippen molar-refractivity contribution in [3.63, 3.8) is 0 Å². The van der Waals surface area contributed by atoms with Crippen LogP contribution in [0.1, 0.15) is 50.9 Å². The molecule has 0 saturated carbocycles. The number of hydrogen-bond donors (Lipinski definition) is 2. The Morgan fingerprint density at radius 1 is 1.25 bits per heavy atom. The largest absolute Gasteiger partial charge is 0.415 e. The van der Waals surface area contributed by atoms with E-state index >= 15 is 0 Å². The van der Waals surface area contributed by atoms with E-state index in [2.05, 4.69) is 31.4 Å². The SMILES string of the molecule is C[C@H](N(C)C(=O)Oc1ccc2c(c1)nc(NC(=O)c1ccc(Cl)cc1)n2CC1CCCN1)C(C)(C)C. The lowest BCUT2D eigenvalue weighted by atomic mass is 9.87. The first-order valence-corrected chi connectivity index (χ1v) is 12.7. The second-order valence-electron chi connectivity index (χ2n) is 10.5. The van der Waals surface area contributed by atoms with Crippen LogP contribution in [0.5, 0.6) is 5.75 Å². The zero-order chi connectivity index (χ0) is 26.0. The molecule has 1 aliphatic heterocycles. The summed E-state index contributed by atoms with van der Waals surface area (Å²) in [6.45, 7) is 9.89. The monoisotopic (exact) mass is 511 g/mol. The van der Waals surface area contributed by atoms with Crippen LogP contribution in [0.15, 0.2) is 42.5 Å². The normalized spacial score (nSPS) is 16.7. The maximum absolute atomic E-state index is 12.9. The lowest BCUT2D eigenvalue weighted by molar-refractivity contribution is 0.102. The van der Waals surface area contributed by atoms with Crippen molar-refractivity contribution in [1.82, 2.24) is 19.8 Å². The summed E-state index contributed by atoms with van der Waals surface area (Å²) in [6.07, 6.45) is 1.74. The molecule has 0 bridgehead atoms. The average molecular weight is 512 g/mol. The summed E-state index contributed by atoms with van der Waals surface area (Å²) < 4.78 is 7.68. The highest BCUT2D eigenvalue weighted by Crippen LogP contribution is 2.28. The van der Waals surface area contributed by atoms with Gasteiger partial charge in [0.2, 0.25) is 5.95 Å². The minimum atomic E-state index is -0.428. The molecule has 1 saturated heterocycles. The number of rotatable bonds is 6. The van der Waals surface area contributed by atoms with Crippen molar-refractivity contribution in [3.05, 3.63) is 53.1 Å². The highest BCUT2D eigenvalue weighted by molar-refractivity contribution is 6.30. The van der Waals surface area contributed by atoms with Gasteiger partial charge in [0.25, 0.3) is 5.91 Å². The Kier molecular flexibility index (Phi) is 7.57. The zero-order valence-electron chi connectivity index (χ0n) is 21.5. The fraction of sp³-hybridized carbons (Fsp3) is 0.444. The molecule has 0 spiro atoms. The van der Waals surface area contributed by atoms with Crippen molar-refractivity contribution in [1.29, 1.82) is 0 Å². The summed E-state index contributed by atoms with van der Waals surface area (Å²) in [6, 6.07) is 12.4. The van der Waals surface area contributed by atoms with E-state index in [0.29, 0.717) is 40.4 Å². The van der Waals surface area contributed by atoms with Crippen LogP contribution in [0.3, 0.4) is 0 Å². The lowest BCUT2D eigenvalue weighted by Gasteiger charge is -2.34. The number of imidazole rings is 1. The molecule has 36 heavy (non-hydrogen) atoms. The van der Waals surface area contributed by atoms with Gasteiger partial charge in [-0.05, 0) is 68.1 Å². The van der Waals surface area contributed by atoms with Crippen LogP contribution < -0.4 is 15.4 Å². The molecule has 2 amide bonds. The van der Waals surface area contributed by atoms with Gasteiger partial charge >= 0.3 is 6.09 Å². The molecule has 0 radical (unpaired) electrons. The number of anilines is 1. The Bertz CT molecular complexity index is 1240. The molecule has 9 heteroatoms. The van der Waals surface area contributed by atoms with Crippen LogP contribution in [0.25, 0.3) is 11.0 Å². The molecule has 4 rings (SSSR count). The predicted molar refractivity (Wildman–Crippen MR) is 143 cm³/mol. The van der Waals surface area contributed by atoms with Crippen LogP contribution >= 0.6 is 11.6 Å². The van der Waals surface area contributed by atoms with Gasteiger partial charge in [-0.2, -0.15) is 0 Å². The molecule has 192 valence electrons. The quantitative estimate of drug-likeness (QED) is 0.452. The maximum Gasteiger partial charge on any atom is 0.415 e. The van der Waals surface area contributed by atoms with Crippen molar-refractivity contribution in [3.8, 4) is 5.75 Å². The maximum atomic E-state index is 12.9. The topological polar surface area (TPSA) is 88.5 Å². The number of carbonyl (C=O) groups excluding carboxylic acids is 2. The van der Waals surface area contributed by atoms with Crippen LogP contribution in [0, 0.1) is 5.41 Å². The van der Waals surface area contributed by atoms with E-state index in [1.807, 2.05) is 17.6 Å². The number of hydrogen-bond acceptors (Lipinski definition) is 5. The summed E-state index contributed by atoms with van der Waals surface area (Å²) in [5, 5.41) is 7.01. The van der Waals surface area contributed by atoms with Gasteiger partial charge in [0.1, 0.15) is 5.75 Å². The molecule has 3 aromatic rings. The molecule has 1 aliphatic rings. The third kappa shape index (κ3) is 5.82. The first-order valence-electron chi connectivity index (χ1n) is 12.3. The third-order valence-corrected chi connectivity index (χ3v) is 7.20. The zero-order valence-corrected chi connectivity index (χ0v) is 22.2. The van der Waals surface area contributed by atoms with Gasteiger partial charge < -0.3 is 19.5 Å². The van der Waals surface area contributed by atoms with E-state index in [1.165, 1.54) is 0 Å². The third-order valence-electron chi connectivity index (χ3n) is 6.94. The second kappa shape index (κ2) is 10.5. The van der Waals surface area contributed by atoms with Crippen molar-refractivity contribution >= 4 is 40.6 Å². The number of amides is 2. The highest BCUT2D eigenvalue weighted by Gasteiger charge is 2.28. The molecule has 1 aromatic heterocycles. The Morgan fingerprint density at radius 3 is 2.61 bits per heavy atom. The molecule has 2 atom stereocenters. The van der Waals surface area contributed by atoms with Crippen LogP contribution in [-0.4, -0.2) is 52.1 Å². The number of benzene rings is 2. The average Bonchev–Trinajstić information content (AvgIpc) is 3.46. The van der Waals surface area contributed by atoms with Crippen LogP contribution in [-0.2, 0) is 6.54 Å². The Hall–Kier alpha value is -3.10. The first kappa shape index (κ1) is 26.0. The Labute approximate surface area is 217 Å². The minimum Gasteiger partial charge on any atom is -0.410 e. The number of nitrogens with one attached hydrogen (secondary N) is 2. The molecule has 2 aromatic carbocycles. The summed E-state index contributed by atoms with van der Waals surface area (Å²) in [7, 11) is 1.74. The number of aromatic nitrogens is 2. The van der Waals surface area contributed by atoms with E-state index in [0.717, 1.165) is 24.9 Å². The predicted octanol–water partition coefficient (Wildman–Crippen LogP) is 5.56. The van der Waals surface area contributed by atoms with Crippen LogP contribution in [0.4, 0.5) is 10.7 Å². The molecular formula is C27H34ClN5O3. The number of fused-ring (bicyclic) bond motifs is 1. The summed E-state index contributed by atoms with van der Waals surface area (Å²) in [5.74, 6) is 0.576. The number of ether oxygens (including phenoxy) is 1. The van der Waals surface area contributed by atoms with E-state index in [-0.39, 0.29) is 17.4 Å². The van der Waals surface area contributed by atoms with Crippen LogP contribution in [0.2, 0.25) is 5.02 Å². The van der Waals surface area contributed by atoms with E-state index < -0.39 is 6.09 Å². The fourth-order valence-corrected chi connectivity index (χ4v) is 4.40. The smallest absolute Gasteiger partial charge is 0.410 e. The number of nitrogens with zero attached hydrogens (tertiary/aromatic N) is 3. The van der Waals surface area contributed by atoms with E-state index in [9.17, 15) is 9.59 Å². The van der Waals surface area contributed by atoms with Gasteiger partial charge in [0, 0.05) is 42.3 Å². The van der Waals surface area contributed by atoms with Gasteiger partial charge in [-0.1, -0.05) is 32.4 Å². The molecule has 1 unspecified atom stereocenters. The number of halogens is 1. The van der Waals surface area contributed by atoms with Crippen molar-refractivity contribution < 1.29 is 14.3 Å².